The Morgan fingerprint density at radius 2 is 1.58 bits per heavy atom. The number of aryl methyl sites for hydroxylation is 2. The van der Waals surface area contributed by atoms with E-state index in [0.29, 0.717) is 35.5 Å². The summed E-state index contributed by atoms with van der Waals surface area (Å²) in [6, 6.07) is 24.8. The number of piperidine rings is 4. The lowest BCUT2D eigenvalue weighted by molar-refractivity contribution is -0.135. The minimum Gasteiger partial charge on any atom is -0.487 e. The number of imidazole rings is 1. The third-order valence-corrected chi connectivity index (χ3v) is 16.8. The molecule has 67 heavy (non-hydrogen) atoms. The van der Waals surface area contributed by atoms with Crippen molar-refractivity contribution in [2.45, 2.75) is 122 Å². The highest BCUT2D eigenvalue weighted by atomic mass is 16.5. The topological polar surface area (TPSA) is 142 Å². The third-order valence-electron chi connectivity index (χ3n) is 16.8. The molecule has 1 unspecified atom stereocenters. The normalized spacial score (nSPS) is 21.4. The number of imide groups is 1. The molecule has 13 nitrogen and oxygen atoms in total. The maximum absolute atomic E-state index is 13.5. The molecule has 5 fully saturated rings. The minimum absolute atomic E-state index is 0.214. The number of hydrogen-bond acceptors (Lipinski definition) is 10. The number of aromatic nitrogens is 4. The molecule has 1 saturated carbocycles. The van der Waals surface area contributed by atoms with Crippen molar-refractivity contribution in [3.05, 3.63) is 117 Å². The Hall–Kier alpha value is -5.84. The average Bonchev–Trinajstić information content (AvgIpc) is 3.59. The lowest BCUT2D eigenvalue weighted by Crippen LogP contribution is -2.57. The van der Waals surface area contributed by atoms with Crippen molar-refractivity contribution in [2.75, 3.05) is 44.2 Å². The van der Waals surface area contributed by atoms with E-state index in [9.17, 15) is 19.6 Å². The van der Waals surface area contributed by atoms with Crippen LogP contribution in [0.2, 0.25) is 0 Å². The predicted octanol–water partition coefficient (Wildman–Crippen LogP) is 7.57. The highest BCUT2D eigenvalue weighted by molar-refractivity contribution is 6.00. The summed E-state index contributed by atoms with van der Waals surface area (Å²) in [5.41, 5.74) is 8.19. The molecule has 2 amide bonds. The van der Waals surface area contributed by atoms with Gasteiger partial charge in [0.1, 0.15) is 18.4 Å². The number of fused-ring (bicyclic) bond motifs is 1. The van der Waals surface area contributed by atoms with Crippen LogP contribution >= 0.6 is 0 Å². The van der Waals surface area contributed by atoms with Gasteiger partial charge in [0.05, 0.1) is 28.4 Å². The van der Waals surface area contributed by atoms with Gasteiger partial charge in [0.25, 0.3) is 0 Å². The van der Waals surface area contributed by atoms with Gasteiger partial charge in [-0.25, -0.2) is 14.8 Å². The van der Waals surface area contributed by atoms with E-state index in [0.717, 1.165) is 78.7 Å². The van der Waals surface area contributed by atoms with E-state index in [1.165, 1.54) is 75.6 Å². The fraction of sp³-hybridized carbons (Fsp3) is 0.519. The molecule has 350 valence electrons. The van der Waals surface area contributed by atoms with E-state index in [1.807, 2.05) is 48.7 Å². The van der Waals surface area contributed by atoms with E-state index < -0.39 is 11.9 Å². The van der Waals surface area contributed by atoms with Crippen LogP contribution in [0.25, 0.3) is 11.0 Å². The molecule has 2 spiro atoms. The van der Waals surface area contributed by atoms with Crippen LogP contribution in [0.4, 0.5) is 5.95 Å². The van der Waals surface area contributed by atoms with Crippen LogP contribution in [0.15, 0.2) is 77.7 Å². The number of nitrogens with zero attached hydrogens (tertiary/aromatic N) is 8. The smallest absolute Gasteiger partial charge is 0.329 e. The molecule has 1 atom stereocenters. The number of carbonyl (C=O) groups is 2. The minimum atomic E-state index is -0.672. The van der Waals surface area contributed by atoms with Gasteiger partial charge in [-0.15, -0.1) is 0 Å². The number of amides is 2. The fourth-order valence-electron chi connectivity index (χ4n) is 12.2. The van der Waals surface area contributed by atoms with Crippen LogP contribution in [0.5, 0.6) is 5.75 Å². The molecule has 1 aliphatic carbocycles. The summed E-state index contributed by atoms with van der Waals surface area (Å²) < 4.78 is 9.50. The quantitative estimate of drug-likeness (QED) is 0.132. The van der Waals surface area contributed by atoms with Gasteiger partial charge < -0.3 is 14.5 Å². The number of nitrogens with one attached hydrogen (secondary N) is 1. The van der Waals surface area contributed by atoms with Gasteiger partial charge in [0.15, 0.2) is 0 Å². The zero-order chi connectivity index (χ0) is 46.5. The lowest BCUT2D eigenvalue weighted by atomic mass is 9.59. The van der Waals surface area contributed by atoms with Crippen molar-refractivity contribution in [1.82, 2.24) is 34.2 Å². The SMILES string of the molecule is CCc1cc(C#N)cc(C(C)(C)c2ccc(OCc3ccnc(N4CCC5(CC4)CCN(C4CC6(CCN(Cc7cccc8c7n(C)c(=O)n8C7CCC(=O)NC7=O)CC6)C4)CC5)n3)cc2)c1. The number of hydrogen-bond donors (Lipinski definition) is 1. The Kier molecular flexibility index (Phi) is 12.1. The zero-order valence-corrected chi connectivity index (χ0v) is 39.7. The van der Waals surface area contributed by atoms with Crippen LogP contribution in [0.3, 0.4) is 0 Å². The van der Waals surface area contributed by atoms with E-state index in [4.69, 9.17) is 14.7 Å². The first-order chi connectivity index (χ1) is 32.3. The van der Waals surface area contributed by atoms with Crippen molar-refractivity contribution < 1.29 is 14.3 Å². The highest BCUT2D eigenvalue weighted by Crippen LogP contribution is 2.53. The number of para-hydroxylation sites is 1. The van der Waals surface area contributed by atoms with Gasteiger partial charge in [-0.05, 0) is 160 Å². The Bertz CT molecular complexity index is 2750. The molecule has 4 aliphatic heterocycles. The predicted molar refractivity (Wildman–Crippen MR) is 259 cm³/mol. The van der Waals surface area contributed by atoms with Gasteiger partial charge >= 0.3 is 5.69 Å². The van der Waals surface area contributed by atoms with Crippen molar-refractivity contribution in [1.29, 1.82) is 5.26 Å². The number of likely N-dealkylation sites (tertiary alicyclic amines) is 2. The molecule has 10 rings (SSSR count). The van der Waals surface area contributed by atoms with Gasteiger partial charge in [0, 0.05) is 50.8 Å². The van der Waals surface area contributed by atoms with Gasteiger partial charge in [0.2, 0.25) is 17.8 Å². The van der Waals surface area contributed by atoms with Gasteiger partial charge in [-0.3, -0.25) is 28.9 Å². The summed E-state index contributed by atoms with van der Waals surface area (Å²) in [4.78, 5) is 55.4. The monoisotopic (exact) mass is 904 g/mol. The first-order valence-corrected chi connectivity index (χ1v) is 24.7. The lowest BCUT2D eigenvalue weighted by Gasteiger charge is -2.57. The Balaban J connectivity index is 0.672. The molecule has 5 aliphatic rings. The summed E-state index contributed by atoms with van der Waals surface area (Å²) >= 11 is 0. The molecule has 0 bridgehead atoms. The van der Waals surface area contributed by atoms with Crippen LogP contribution < -0.4 is 20.6 Å². The van der Waals surface area contributed by atoms with Crippen LogP contribution in [0, 0.1) is 22.2 Å². The second kappa shape index (κ2) is 18.0. The fourth-order valence-corrected chi connectivity index (χ4v) is 12.2. The Morgan fingerprint density at radius 3 is 2.28 bits per heavy atom. The third kappa shape index (κ3) is 8.79. The summed E-state index contributed by atoms with van der Waals surface area (Å²) in [5, 5.41) is 12.0. The van der Waals surface area contributed by atoms with Crippen molar-refractivity contribution >= 4 is 28.8 Å². The molecule has 5 aromatic rings. The summed E-state index contributed by atoms with van der Waals surface area (Å²) in [7, 11) is 1.79. The molecular formula is C54H65N9O4. The number of benzene rings is 3. The Morgan fingerprint density at radius 1 is 0.866 bits per heavy atom. The maximum Gasteiger partial charge on any atom is 0.329 e. The largest absolute Gasteiger partial charge is 0.487 e. The van der Waals surface area contributed by atoms with Crippen molar-refractivity contribution in [3.63, 3.8) is 0 Å². The van der Waals surface area contributed by atoms with E-state index in [1.54, 1.807) is 16.2 Å². The zero-order valence-electron chi connectivity index (χ0n) is 39.7. The van der Waals surface area contributed by atoms with Gasteiger partial charge in [-0.1, -0.05) is 51.1 Å². The van der Waals surface area contributed by atoms with Crippen molar-refractivity contribution in [3.8, 4) is 11.8 Å². The molecule has 6 heterocycles. The molecule has 3 aromatic carbocycles. The number of nitriles is 1. The number of anilines is 1. The molecular weight excluding hydrogens is 839 g/mol. The van der Waals surface area contributed by atoms with E-state index in [-0.39, 0.29) is 23.4 Å². The average molecular weight is 904 g/mol. The van der Waals surface area contributed by atoms with E-state index in [2.05, 4.69) is 71.1 Å². The maximum atomic E-state index is 13.5. The first kappa shape index (κ1) is 45.0. The molecule has 1 N–H and O–H groups in total. The van der Waals surface area contributed by atoms with Crippen LogP contribution in [-0.4, -0.2) is 86.0 Å². The van der Waals surface area contributed by atoms with E-state index >= 15 is 0 Å². The second-order valence-electron chi connectivity index (χ2n) is 21.0. The van der Waals surface area contributed by atoms with Crippen LogP contribution in [0.1, 0.15) is 125 Å². The highest BCUT2D eigenvalue weighted by Gasteiger charge is 2.49. The summed E-state index contributed by atoms with van der Waals surface area (Å²) in [6.07, 6.45) is 13.3. The summed E-state index contributed by atoms with van der Waals surface area (Å²) in [6.45, 7) is 14.2. The molecule has 4 saturated heterocycles. The van der Waals surface area contributed by atoms with Gasteiger partial charge in [-0.2, -0.15) is 5.26 Å². The standard InChI is InChI=1S/C54H65N9O4/c1-5-37-29-38(34-55)31-41(30-37)52(2,3)40-9-11-44(12-10-40)67-36-42-15-22-56-50(57-42)62-27-20-53(21-28-62)18-25-61(26-19-53)43-32-54(33-43)16-23-60(24-17-54)35-39-7-6-8-45-48(39)59(4)51(66)63(45)46-13-14-47(64)58-49(46)65/h6-12,15,22,29-31,43,46H,5,13-14,16-21,23-28,32-33,35-36H2,1-4H3,(H,58,64,65). The molecule has 13 heteroatoms. The second-order valence-corrected chi connectivity index (χ2v) is 21.0. The number of rotatable bonds is 11. The molecule has 2 aromatic heterocycles. The number of carbonyl (C=O) groups excluding carboxylic acids is 2. The number of ether oxygens (including phenoxy) is 1. The summed E-state index contributed by atoms with van der Waals surface area (Å²) in [5.74, 6) is 0.921. The molecule has 0 radical (unpaired) electrons. The van der Waals surface area contributed by atoms with Crippen molar-refractivity contribution in [2.24, 2.45) is 17.9 Å². The van der Waals surface area contributed by atoms with Crippen LogP contribution in [-0.2, 0) is 41.6 Å². The Labute approximate surface area is 394 Å². The first-order valence-electron chi connectivity index (χ1n) is 24.7.